The number of rotatable bonds is 6. The van der Waals surface area contributed by atoms with Gasteiger partial charge in [-0.25, -0.2) is 4.98 Å². The fraction of sp³-hybridized carbons (Fsp3) is 0.476. The number of aromatic nitrogens is 4. The van der Waals surface area contributed by atoms with Crippen LogP contribution in [-0.2, 0) is 13.8 Å². The molecule has 2 unspecified atom stereocenters. The lowest BCUT2D eigenvalue weighted by Gasteiger charge is -2.35. The van der Waals surface area contributed by atoms with Gasteiger partial charge in [0.2, 0.25) is 7.37 Å². The number of pyridine rings is 2. The number of aromatic amines is 1. The first kappa shape index (κ1) is 21.0. The minimum absolute atomic E-state index is 0.164. The smallest absolute Gasteiger partial charge is 0.229 e. The Bertz CT molecular complexity index is 1070. The second-order valence-electron chi connectivity index (χ2n) is 8.18. The van der Waals surface area contributed by atoms with Crippen molar-refractivity contribution in [3.8, 4) is 11.4 Å². The summed E-state index contributed by atoms with van der Waals surface area (Å²) in [7, 11) is -3.09. The largest absolute Gasteiger partial charge is 0.377 e. The van der Waals surface area contributed by atoms with Crippen LogP contribution in [0.5, 0.6) is 0 Å². The zero-order valence-electron chi connectivity index (χ0n) is 17.8. The first-order valence-corrected chi connectivity index (χ1v) is 12.3. The highest BCUT2D eigenvalue weighted by Gasteiger charge is 2.28. The summed E-state index contributed by atoms with van der Waals surface area (Å²) in [5.74, 6) is 1.05. The normalized spacial score (nSPS) is 19.4. The maximum absolute atomic E-state index is 13.7. The molecule has 3 aromatic rings. The van der Waals surface area contributed by atoms with Crippen LogP contribution in [0, 0.1) is 5.92 Å². The van der Waals surface area contributed by atoms with Gasteiger partial charge < -0.3 is 14.2 Å². The Labute approximate surface area is 176 Å². The van der Waals surface area contributed by atoms with Gasteiger partial charge in [-0.15, -0.1) is 0 Å². The second-order valence-corrected chi connectivity index (χ2v) is 10.6. The van der Waals surface area contributed by atoms with Crippen molar-refractivity contribution in [2.45, 2.75) is 26.8 Å². The molecule has 0 amide bonds. The van der Waals surface area contributed by atoms with Crippen molar-refractivity contribution in [1.29, 1.82) is 0 Å². The number of nitrogens with zero attached hydrogens (tertiary/aromatic N) is 4. The summed E-state index contributed by atoms with van der Waals surface area (Å²) in [6, 6.07) is 5.80. The van der Waals surface area contributed by atoms with Crippen LogP contribution in [0.3, 0.4) is 0 Å². The fourth-order valence-electron chi connectivity index (χ4n) is 3.62. The first-order chi connectivity index (χ1) is 14.4. The van der Waals surface area contributed by atoms with E-state index in [1.165, 1.54) is 0 Å². The summed E-state index contributed by atoms with van der Waals surface area (Å²) in [5, 5.41) is 8.47. The molecular weight excluding hydrogens is 401 g/mol. The maximum atomic E-state index is 13.7. The highest BCUT2D eigenvalue weighted by atomic mass is 31.2. The summed E-state index contributed by atoms with van der Waals surface area (Å²) in [6.07, 6.45) is 3.39. The van der Waals surface area contributed by atoms with Gasteiger partial charge in [0, 0.05) is 36.3 Å². The molecule has 0 radical (unpaired) electrons. The molecule has 1 N–H and O–H groups in total. The van der Waals surface area contributed by atoms with E-state index in [-0.39, 0.29) is 12.0 Å². The van der Waals surface area contributed by atoms with E-state index in [2.05, 4.69) is 27.0 Å². The van der Waals surface area contributed by atoms with E-state index in [1.54, 1.807) is 19.1 Å². The van der Waals surface area contributed by atoms with Crippen molar-refractivity contribution in [3.63, 3.8) is 0 Å². The van der Waals surface area contributed by atoms with Gasteiger partial charge in [0.25, 0.3) is 0 Å². The van der Waals surface area contributed by atoms with Crippen molar-refractivity contribution in [3.05, 3.63) is 30.6 Å². The number of anilines is 1. The topological polar surface area (TPSA) is 93.2 Å². The maximum Gasteiger partial charge on any atom is 0.229 e. The van der Waals surface area contributed by atoms with E-state index in [1.807, 2.05) is 32.0 Å². The van der Waals surface area contributed by atoms with Gasteiger partial charge in [0.15, 0.2) is 0 Å². The Morgan fingerprint density at radius 2 is 2.20 bits per heavy atom. The van der Waals surface area contributed by atoms with Gasteiger partial charge in [-0.2, -0.15) is 5.10 Å². The molecule has 1 aliphatic heterocycles. The van der Waals surface area contributed by atoms with E-state index >= 15 is 0 Å². The van der Waals surface area contributed by atoms with Crippen molar-refractivity contribution in [2.75, 3.05) is 37.9 Å². The lowest BCUT2D eigenvalue weighted by atomic mass is 10.1. The molecule has 0 aromatic carbocycles. The minimum Gasteiger partial charge on any atom is -0.377 e. The number of fused-ring (bicyclic) bond motifs is 1. The molecule has 1 aliphatic rings. The zero-order chi connectivity index (χ0) is 21.3. The second kappa shape index (κ2) is 8.46. The van der Waals surface area contributed by atoms with E-state index in [4.69, 9.17) is 14.2 Å². The van der Waals surface area contributed by atoms with Crippen molar-refractivity contribution < 1.29 is 13.8 Å². The van der Waals surface area contributed by atoms with Crippen molar-refractivity contribution in [2.24, 2.45) is 5.92 Å². The fourth-order valence-corrected chi connectivity index (χ4v) is 5.31. The third-order valence-electron chi connectivity index (χ3n) is 5.20. The Hall–Kier alpha value is -2.28. The number of hydrogen-bond acceptors (Lipinski definition) is 7. The molecule has 2 atom stereocenters. The Balaban J connectivity index is 1.92. The van der Waals surface area contributed by atoms with E-state index in [0.29, 0.717) is 36.3 Å². The number of morpholine rings is 1. The molecule has 0 aliphatic carbocycles. The molecule has 0 spiro atoms. The number of hydrogen-bond donors (Lipinski definition) is 1. The van der Waals surface area contributed by atoms with Gasteiger partial charge in [-0.3, -0.25) is 14.6 Å². The highest BCUT2D eigenvalue weighted by molar-refractivity contribution is 7.66. The first-order valence-electron chi connectivity index (χ1n) is 10.2. The van der Waals surface area contributed by atoms with Crippen LogP contribution in [0.2, 0.25) is 0 Å². The molecule has 8 nitrogen and oxygen atoms in total. The molecule has 9 heteroatoms. The van der Waals surface area contributed by atoms with E-state index in [0.717, 1.165) is 23.4 Å². The minimum atomic E-state index is -3.09. The number of H-pyrrole nitrogens is 1. The van der Waals surface area contributed by atoms with Crippen molar-refractivity contribution in [1.82, 2.24) is 20.2 Å². The molecule has 3 aromatic heterocycles. The van der Waals surface area contributed by atoms with Crippen LogP contribution in [0.25, 0.3) is 22.3 Å². The molecule has 1 fully saturated rings. The van der Waals surface area contributed by atoms with Crippen molar-refractivity contribution >= 4 is 29.4 Å². The number of nitrogens with one attached hydrogen (secondary N) is 1. The van der Waals surface area contributed by atoms with Gasteiger partial charge in [0.05, 0.1) is 31.6 Å². The lowest BCUT2D eigenvalue weighted by molar-refractivity contribution is 0.0986. The zero-order valence-corrected chi connectivity index (χ0v) is 18.7. The quantitative estimate of drug-likeness (QED) is 0.600. The molecular formula is C21H28N5O3P. The van der Waals surface area contributed by atoms with E-state index in [9.17, 15) is 4.57 Å². The molecule has 1 saturated heterocycles. The molecule has 160 valence electrons. The average Bonchev–Trinajstić information content (AvgIpc) is 3.26. The Morgan fingerprint density at radius 1 is 1.37 bits per heavy atom. The Kier molecular flexibility index (Phi) is 5.91. The third kappa shape index (κ3) is 4.13. The predicted octanol–water partition coefficient (Wildman–Crippen LogP) is 3.45. The van der Waals surface area contributed by atoms with Gasteiger partial charge in [-0.05, 0) is 31.0 Å². The highest BCUT2D eigenvalue weighted by Crippen LogP contribution is 2.45. The Morgan fingerprint density at radius 3 is 2.90 bits per heavy atom. The molecule has 4 heterocycles. The monoisotopic (exact) mass is 429 g/mol. The van der Waals surface area contributed by atoms with Gasteiger partial charge >= 0.3 is 0 Å². The molecule has 0 saturated carbocycles. The van der Waals surface area contributed by atoms with Crippen LogP contribution in [-0.4, -0.2) is 59.2 Å². The summed E-state index contributed by atoms with van der Waals surface area (Å²) < 4.78 is 25.2. The summed E-state index contributed by atoms with van der Waals surface area (Å²) in [4.78, 5) is 11.7. The SMILES string of the molecule is CC(C)COP(C)(=O)c1cc(N2CCOCC2C)nc2c(-c3ccn[nH]3)nccc12. The molecule has 30 heavy (non-hydrogen) atoms. The van der Waals surface area contributed by atoms with Crippen LogP contribution < -0.4 is 10.2 Å². The lowest BCUT2D eigenvalue weighted by Crippen LogP contribution is -2.44. The number of ether oxygens (including phenoxy) is 1. The van der Waals surface area contributed by atoms with Gasteiger partial charge in [0.1, 0.15) is 17.0 Å². The van der Waals surface area contributed by atoms with E-state index < -0.39 is 7.37 Å². The van der Waals surface area contributed by atoms with Crippen LogP contribution in [0.1, 0.15) is 20.8 Å². The predicted molar refractivity (Wildman–Crippen MR) is 119 cm³/mol. The standard InChI is InChI=1S/C21H28N5O3P/c1-14(2)12-29-30(4,27)18-11-19(26-9-10-28-13-15(26)3)24-20-16(18)5-7-22-21(20)17-6-8-23-25-17/h5-8,11,14-15H,9-10,12-13H2,1-4H3,(H,23,25). The summed E-state index contributed by atoms with van der Waals surface area (Å²) >= 11 is 0. The molecule has 4 rings (SSSR count). The van der Waals surface area contributed by atoms with Crippen LogP contribution in [0.15, 0.2) is 30.6 Å². The summed E-state index contributed by atoms with van der Waals surface area (Å²) in [5.41, 5.74) is 2.13. The third-order valence-corrected chi connectivity index (χ3v) is 7.09. The summed E-state index contributed by atoms with van der Waals surface area (Å²) in [6.45, 7) is 10.3. The average molecular weight is 429 g/mol. The van der Waals surface area contributed by atoms with Gasteiger partial charge in [-0.1, -0.05) is 13.8 Å². The molecule has 0 bridgehead atoms. The van der Waals surface area contributed by atoms with Crippen LogP contribution >= 0.6 is 7.37 Å². The van der Waals surface area contributed by atoms with Crippen LogP contribution in [0.4, 0.5) is 5.82 Å².